The average Bonchev–Trinajstić information content (AvgIpc) is 3.47. The predicted octanol–water partition coefficient (Wildman–Crippen LogP) is 5.64. The molecule has 0 radical (unpaired) electrons. The van der Waals surface area contributed by atoms with E-state index in [1.54, 1.807) is 10.8 Å². The quantitative estimate of drug-likeness (QED) is 0.324. The van der Waals surface area contributed by atoms with Gasteiger partial charge in [0.2, 0.25) is 0 Å². The van der Waals surface area contributed by atoms with Crippen molar-refractivity contribution in [2.24, 2.45) is 0 Å². The average molecular weight is 437 g/mol. The summed E-state index contributed by atoms with van der Waals surface area (Å²) in [5.74, 6) is 0.245. The number of carbonyl (C=O) groups excluding carboxylic acids is 1. The Bertz CT molecular complexity index is 1320. The normalized spacial score (nSPS) is 14.8. The highest BCUT2D eigenvalue weighted by atomic mass is 16.3. The minimum Gasteiger partial charge on any atom is -0.454 e. The second-order valence-corrected chi connectivity index (χ2v) is 8.34. The van der Waals surface area contributed by atoms with Gasteiger partial charge in [0.05, 0.1) is 5.69 Å². The van der Waals surface area contributed by atoms with Crippen LogP contribution in [0.15, 0.2) is 76.9 Å². The van der Waals surface area contributed by atoms with E-state index >= 15 is 0 Å². The Kier molecular flexibility index (Phi) is 5.77. The van der Waals surface area contributed by atoms with Gasteiger partial charge >= 0.3 is 0 Å². The summed E-state index contributed by atoms with van der Waals surface area (Å²) in [5.41, 5.74) is 2.92. The van der Waals surface area contributed by atoms with Crippen molar-refractivity contribution in [2.45, 2.75) is 38.1 Å². The molecule has 5 rings (SSSR count). The molecular formula is C27H24N4O2. The molecule has 4 aromatic rings. The molecule has 0 unspecified atom stereocenters. The van der Waals surface area contributed by atoms with Gasteiger partial charge in [-0.15, -0.1) is 0 Å². The molecule has 0 aliphatic heterocycles. The predicted molar refractivity (Wildman–Crippen MR) is 127 cm³/mol. The zero-order chi connectivity index (χ0) is 22.6. The first-order chi connectivity index (χ1) is 16.2. The smallest absolute Gasteiger partial charge is 0.262 e. The molecule has 0 bridgehead atoms. The summed E-state index contributed by atoms with van der Waals surface area (Å²) in [6.45, 7) is 0. The van der Waals surface area contributed by atoms with Crippen LogP contribution in [0.3, 0.4) is 0 Å². The molecule has 1 aliphatic carbocycles. The molecule has 2 aromatic heterocycles. The Labute approximate surface area is 192 Å². The van der Waals surface area contributed by atoms with Gasteiger partial charge in [-0.1, -0.05) is 55.7 Å². The summed E-state index contributed by atoms with van der Waals surface area (Å²) in [6, 6.07) is 21.6. The maximum absolute atomic E-state index is 12.9. The molecule has 33 heavy (non-hydrogen) atoms. The molecule has 0 spiro atoms. The number of hydrogen-bond donors (Lipinski definition) is 1. The van der Waals surface area contributed by atoms with Gasteiger partial charge in [-0.2, -0.15) is 10.4 Å². The Balaban J connectivity index is 1.55. The SMILES string of the molecule is N#C/C(=C/c1cn(-c2ccccc2)nc1-c1cc2ccccc2o1)C(=O)NC1CCCCC1. The summed E-state index contributed by atoms with van der Waals surface area (Å²) in [4.78, 5) is 12.9. The lowest BCUT2D eigenvalue weighted by atomic mass is 9.95. The van der Waals surface area contributed by atoms with Gasteiger partial charge in [0.1, 0.15) is 22.9 Å². The lowest BCUT2D eigenvalue weighted by Gasteiger charge is -2.22. The number of nitrogens with zero attached hydrogens (tertiary/aromatic N) is 3. The molecule has 1 aliphatic rings. The Morgan fingerprint density at radius 3 is 2.61 bits per heavy atom. The number of amides is 1. The van der Waals surface area contributed by atoms with Crippen LogP contribution in [0.4, 0.5) is 0 Å². The fourth-order valence-electron chi connectivity index (χ4n) is 4.31. The lowest BCUT2D eigenvalue weighted by Crippen LogP contribution is -2.36. The number of furan rings is 1. The number of aromatic nitrogens is 2. The van der Waals surface area contributed by atoms with Crippen LogP contribution >= 0.6 is 0 Å². The summed E-state index contributed by atoms with van der Waals surface area (Å²) >= 11 is 0. The molecule has 6 heteroatoms. The Morgan fingerprint density at radius 2 is 1.85 bits per heavy atom. The van der Waals surface area contributed by atoms with Gasteiger partial charge in [-0.05, 0) is 43.2 Å². The Hall–Kier alpha value is -4.11. The zero-order valence-electron chi connectivity index (χ0n) is 18.2. The van der Waals surface area contributed by atoms with Crippen molar-refractivity contribution in [3.63, 3.8) is 0 Å². The maximum atomic E-state index is 12.9. The van der Waals surface area contributed by atoms with Crippen LogP contribution in [0.25, 0.3) is 34.2 Å². The summed E-state index contributed by atoms with van der Waals surface area (Å²) in [6.07, 6.45) is 8.76. The molecule has 6 nitrogen and oxygen atoms in total. The molecule has 2 heterocycles. The maximum Gasteiger partial charge on any atom is 0.262 e. The van der Waals surface area contributed by atoms with Crippen LogP contribution in [-0.4, -0.2) is 21.7 Å². The van der Waals surface area contributed by atoms with E-state index in [9.17, 15) is 10.1 Å². The third kappa shape index (κ3) is 4.44. The first-order valence-electron chi connectivity index (χ1n) is 11.3. The topological polar surface area (TPSA) is 83.8 Å². The number of fused-ring (bicyclic) bond motifs is 1. The molecule has 164 valence electrons. The van der Waals surface area contributed by atoms with E-state index in [-0.39, 0.29) is 17.5 Å². The second kappa shape index (κ2) is 9.17. The number of benzene rings is 2. The summed E-state index contributed by atoms with van der Waals surface area (Å²) < 4.78 is 7.79. The fourth-order valence-corrected chi connectivity index (χ4v) is 4.31. The number of hydrogen-bond acceptors (Lipinski definition) is 4. The van der Waals surface area contributed by atoms with Gasteiger partial charge in [0, 0.05) is 23.2 Å². The highest BCUT2D eigenvalue weighted by Crippen LogP contribution is 2.31. The summed E-state index contributed by atoms with van der Waals surface area (Å²) in [5, 5.41) is 18.5. The van der Waals surface area contributed by atoms with Gasteiger partial charge < -0.3 is 9.73 Å². The number of rotatable bonds is 5. The number of nitriles is 1. The first-order valence-corrected chi connectivity index (χ1v) is 11.3. The van der Waals surface area contributed by atoms with Crippen LogP contribution < -0.4 is 5.32 Å². The molecule has 1 fully saturated rings. The lowest BCUT2D eigenvalue weighted by molar-refractivity contribution is -0.117. The van der Waals surface area contributed by atoms with Gasteiger partial charge in [-0.3, -0.25) is 4.79 Å². The van der Waals surface area contributed by atoms with Crippen molar-refractivity contribution in [1.29, 1.82) is 5.26 Å². The number of carbonyl (C=O) groups is 1. The van der Waals surface area contributed by atoms with Crippen molar-refractivity contribution in [3.8, 4) is 23.2 Å². The van der Waals surface area contributed by atoms with E-state index in [2.05, 4.69) is 11.4 Å². The van der Waals surface area contributed by atoms with Crippen molar-refractivity contribution < 1.29 is 9.21 Å². The fraction of sp³-hybridized carbons (Fsp3) is 0.222. The zero-order valence-corrected chi connectivity index (χ0v) is 18.2. The molecule has 1 amide bonds. The van der Waals surface area contributed by atoms with Crippen LogP contribution in [0, 0.1) is 11.3 Å². The molecule has 0 saturated heterocycles. The van der Waals surface area contributed by atoms with E-state index in [1.807, 2.05) is 66.9 Å². The van der Waals surface area contributed by atoms with Crippen molar-refractivity contribution in [2.75, 3.05) is 0 Å². The Morgan fingerprint density at radius 1 is 1.09 bits per heavy atom. The van der Waals surface area contributed by atoms with Crippen LogP contribution in [0.5, 0.6) is 0 Å². The molecule has 0 atom stereocenters. The summed E-state index contributed by atoms with van der Waals surface area (Å²) in [7, 11) is 0. The van der Waals surface area contributed by atoms with Crippen LogP contribution in [-0.2, 0) is 4.79 Å². The third-order valence-electron chi connectivity index (χ3n) is 6.03. The van der Waals surface area contributed by atoms with Crippen LogP contribution in [0.1, 0.15) is 37.7 Å². The third-order valence-corrected chi connectivity index (χ3v) is 6.03. The molecule has 1 N–H and O–H groups in total. The highest BCUT2D eigenvalue weighted by Gasteiger charge is 2.20. The van der Waals surface area contributed by atoms with Crippen molar-refractivity contribution in [3.05, 3.63) is 78.0 Å². The van der Waals surface area contributed by atoms with E-state index in [4.69, 9.17) is 9.52 Å². The van der Waals surface area contributed by atoms with E-state index in [1.165, 1.54) is 6.42 Å². The van der Waals surface area contributed by atoms with E-state index in [0.717, 1.165) is 42.3 Å². The van der Waals surface area contributed by atoms with Gasteiger partial charge in [-0.25, -0.2) is 4.68 Å². The minimum absolute atomic E-state index is 0.0607. The van der Waals surface area contributed by atoms with Crippen LogP contribution in [0.2, 0.25) is 0 Å². The monoisotopic (exact) mass is 436 g/mol. The molecule has 2 aromatic carbocycles. The standard InChI is InChI=1S/C27H24N4O2/c28-17-20(27(32)29-22-10-3-1-4-11-22)15-21-18-31(23-12-5-2-6-13-23)30-26(21)25-16-19-9-7-8-14-24(19)33-25/h2,5-9,12-16,18,22H,1,3-4,10-11H2,(H,29,32)/b20-15-. The number of para-hydroxylation sites is 2. The second-order valence-electron chi connectivity index (χ2n) is 8.34. The van der Waals surface area contributed by atoms with Gasteiger partial charge in [0.25, 0.3) is 5.91 Å². The highest BCUT2D eigenvalue weighted by molar-refractivity contribution is 6.02. The largest absolute Gasteiger partial charge is 0.454 e. The molecule has 1 saturated carbocycles. The van der Waals surface area contributed by atoms with E-state index in [0.29, 0.717) is 17.0 Å². The van der Waals surface area contributed by atoms with Crippen molar-refractivity contribution in [1.82, 2.24) is 15.1 Å². The molecular weight excluding hydrogens is 412 g/mol. The number of nitrogens with one attached hydrogen (secondary N) is 1. The van der Waals surface area contributed by atoms with E-state index < -0.39 is 0 Å². The first kappa shape index (κ1) is 20.8. The minimum atomic E-state index is -0.340. The van der Waals surface area contributed by atoms with Crippen molar-refractivity contribution >= 4 is 23.0 Å². The van der Waals surface area contributed by atoms with Gasteiger partial charge in [0.15, 0.2) is 5.76 Å².